The molecule has 0 radical (unpaired) electrons. The molecule has 108 valence electrons. The number of hydrogen-bond donors (Lipinski definition) is 3. The van der Waals surface area contributed by atoms with Gasteiger partial charge in [-0.3, -0.25) is 15.0 Å². The summed E-state index contributed by atoms with van der Waals surface area (Å²) in [5.41, 5.74) is 4.77. The van der Waals surface area contributed by atoms with Crippen LogP contribution in [0.15, 0.2) is 24.3 Å². The van der Waals surface area contributed by atoms with Gasteiger partial charge in [0.25, 0.3) is 5.91 Å². The summed E-state index contributed by atoms with van der Waals surface area (Å²) in [6.45, 7) is 0.328. The van der Waals surface area contributed by atoms with Crippen LogP contribution in [0.2, 0.25) is 0 Å². The summed E-state index contributed by atoms with van der Waals surface area (Å²) >= 11 is 0. The van der Waals surface area contributed by atoms with E-state index in [1.54, 1.807) is 18.2 Å². The highest BCUT2D eigenvalue weighted by atomic mass is 16.6. The van der Waals surface area contributed by atoms with Gasteiger partial charge in [0.05, 0.1) is 17.9 Å². The van der Waals surface area contributed by atoms with Crippen molar-refractivity contribution in [1.82, 2.24) is 10.9 Å². The number of anilines is 1. The van der Waals surface area contributed by atoms with E-state index >= 15 is 0 Å². The van der Waals surface area contributed by atoms with Gasteiger partial charge in [0.2, 0.25) is 6.41 Å². The zero-order valence-corrected chi connectivity index (χ0v) is 10.8. The van der Waals surface area contributed by atoms with E-state index in [0.717, 1.165) is 0 Å². The molecule has 0 aliphatic rings. The van der Waals surface area contributed by atoms with Crippen LogP contribution in [-0.4, -0.2) is 38.7 Å². The summed E-state index contributed by atoms with van der Waals surface area (Å²) in [6.07, 6.45) is -0.352. The van der Waals surface area contributed by atoms with Crippen molar-refractivity contribution in [2.24, 2.45) is 0 Å². The van der Waals surface area contributed by atoms with E-state index in [1.165, 1.54) is 13.2 Å². The van der Waals surface area contributed by atoms with Gasteiger partial charge in [0.1, 0.15) is 6.61 Å². The van der Waals surface area contributed by atoms with E-state index in [0.29, 0.717) is 12.1 Å². The van der Waals surface area contributed by atoms with Gasteiger partial charge in [-0.15, -0.1) is 0 Å². The number of benzene rings is 1. The summed E-state index contributed by atoms with van der Waals surface area (Å²) in [5.74, 6) is -0.585. The normalized spacial score (nSPS) is 9.45. The molecule has 8 nitrogen and oxygen atoms in total. The molecule has 0 aliphatic carbocycles. The van der Waals surface area contributed by atoms with Crippen LogP contribution in [0, 0.1) is 0 Å². The average molecular weight is 281 g/mol. The number of hydrazine groups is 1. The first-order chi connectivity index (χ1) is 9.69. The van der Waals surface area contributed by atoms with E-state index in [9.17, 15) is 14.4 Å². The van der Waals surface area contributed by atoms with Crippen LogP contribution in [0.3, 0.4) is 0 Å². The van der Waals surface area contributed by atoms with Gasteiger partial charge in [-0.1, -0.05) is 12.1 Å². The molecule has 1 aromatic rings. The Morgan fingerprint density at radius 3 is 2.65 bits per heavy atom. The lowest BCUT2D eigenvalue weighted by Gasteiger charge is -2.10. The molecule has 0 aliphatic heterocycles. The zero-order valence-electron chi connectivity index (χ0n) is 10.8. The maximum absolute atomic E-state index is 11.8. The Labute approximate surface area is 115 Å². The number of rotatable bonds is 6. The number of nitrogens with one attached hydrogen (secondary N) is 3. The largest absolute Gasteiger partial charge is 0.446 e. The van der Waals surface area contributed by atoms with Crippen LogP contribution in [0.25, 0.3) is 0 Å². The third-order valence-electron chi connectivity index (χ3n) is 2.18. The number of hydrogen-bond acceptors (Lipinski definition) is 5. The number of carbonyl (C=O) groups excluding carboxylic acids is 3. The van der Waals surface area contributed by atoms with Gasteiger partial charge in [0.15, 0.2) is 0 Å². The van der Waals surface area contributed by atoms with Crippen molar-refractivity contribution in [3.63, 3.8) is 0 Å². The van der Waals surface area contributed by atoms with Gasteiger partial charge in [-0.25, -0.2) is 10.2 Å². The summed E-state index contributed by atoms with van der Waals surface area (Å²) in [7, 11) is 1.47. The maximum Gasteiger partial charge on any atom is 0.426 e. The molecular formula is C12H15N3O5. The summed E-state index contributed by atoms with van der Waals surface area (Å²) in [6, 6.07) is 6.34. The number of methoxy groups -OCH3 is 1. The molecule has 3 N–H and O–H groups in total. The van der Waals surface area contributed by atoms with Crippen molar-refractivity contribution < 1.29 is 23.9 Å². The van der Waals surface area contributed by atoms with Crippen LogP contribution < -0.4 is 16.2 Å². The van der Waals surface area contributed by atoms with Crippen molar-refractivity contribution in [3.8, 4) is 0 Å². The smallest absolute Gasteiger partial charge is 0.426 e. The second kappa shape index (κ2) is 8.48. The highest BCUT2D eigenvalue weighted by molar-refractivity contribution is 6.01. The molecule has 0 unspecified atom stereocenters. The number of ether oxygens (including phenoxy) is 2. The van der Waals surface area contributed by atoms with E-state index in [2.05, 4.69) is 20.9 Å². The highest BCUT2D eigenvalue weighted by Crippen LogP contribution is 2.13. The minimum Gasteiger partial charge on any atom is -0.446 e. The first-order valence-corrected chi connectivity index (χ1v) is 5.70. The molecule has 20 heavy (non-hydrogen) atoms. The minimum atomic E-state index is -0.809. The third-order valence-corrected chi connectivity index (χ3v) is 2.18. The second-order valence-corrected chi connectivity index (χ2v) is 3.52. The molecule has 0 saturated heterocycles. The van der Waals surface area contributed by atoms with Crippen LogP contribution >= 0.6 is 0 Å². The molecule has 0 atom stereocenters. The number of carbonyl (C=O) groups is 3. The van der Waals surface area contributed by atoms with E-state index in [1.807, 2.05) is 0 Å². The Hall–Kier alpha value is -2.61. The Morgan fingerprint density at radius 2 is 1.95 bits per heavy atom. The molecule has 0 bridgehead atoms. The summed E-state index contributed by atoms with van der Waals surface area (Å²) in [4.78, 5) is 33.4. The second-order valence-electron chi connectivity index (χ2n) is 3.52. The summed E-state index contributed by atoms with van der Waals surface area (Å²) in [5, 5.41) is 2.38. The fraction of sp³-hybridized carbons (Fsp3) is 0.250. The third kappa shape index (κ3) is 4.94. The van der Waals surface area contributed by atoms with Crippen LogP contribution in [0.4, 0.5) is 10.5 Å². The molecule has 0 spiro atoms. The lowest BCUT2D eigenvalue weighted by Crippen LogP contribution is -2.42. The van der Waals surface area contributed by atoms with Crippen molar-refractivity contribution in [2.75, 3.05) is 25.6 Å². The molecule has 0 fully saturated rings. The fourth-order valence-electron chi connectivity index (χ4n) is 1.30. The van der Waals surface area contributed by atoms with Gasteiger partial charge in [-0.05, 0) is 12.1 Å². The molecular weight excluding hydrogens is 266 g/mol. The van der Waals surface area contributed by atoms with E-state index in [4.69, 9.17) is 4.74 Å². The quantitative estimate of drug-likeness (QED) is 0.394. The Balaban J connectivity index is 2.50. The maximum atomic E-state index is 11.8. The van der Waals surface area contributed by atoms with Gasteiger partial charge in [-0.2, -0.15) is 0 Å². The Morgan fingerprint density at radius 1 is 1.20 bits per heavy atom. The summed E-state index contributed by atoms with van der Waals surface area (Å²) < 4.78 is 9.38. The standard InChI is InChI=1S/C12H15N3O5/c1-19-6-7-20-12(18)15-14-11(17)9-4-2-3-5-10(9)13-8-16/h2-5,8H,6-7H2,1H3,(H,13,16)(H,14,17)(H,15,18). The van der Waals surface area contributed by atoms with Crippen molar-refractivity contribution in [3.05, 3.63) is 29.8 Å². The van der Waals surface area contributed by atoms with Gasteiger partial charge in [0, 0.05) is 7.11 Å². The van der Waals surface area contributed by atoms with Gasteiger partial charge >= 0.3 is 6.09 Å². The highest BCUT2D eigenvalue weighted by Gasteiger charge is 2.11. The lowest BCUT2D eigenvalue weighted by molar-refractivity contribution is -0.105. The molecule has 8 heteroatoms. The monoisotopic (exact) mass is 281 g/mol. The molecule has 3 amide bonds. The predicted molar refractivity (Wildman–Crippen MR) is 70.0 cm³/mol. The van der Waals surface area contributed by atoms with Crippen molar-refractivity contribution in [2.45, 2.75) is 0 Å². The van der Waals surface area contributed by atoms with Crippen molar-refractivity contribution >= 4 is 24.1 Å². The predicted octanol–water partition coefficient (Wildman–Crippen LogP) is 0.272. The molecule has 0 saturated carbocycles. The number of para-hydroxylation sites is 1. The Bertz CT molecular complexity index is 478. The minimum absolute atomic E-state index is 0.0709. The molecule has 1 rings (SSSR count). The van der Waals surface area contributed by atoms with E-state index < -0.39 is 12.0 Å². The van der Waals surface area contributed by atoms with Crippen molar-refractivity contribution in [1.29, 1.82) is 0 Å². The fourth-order valence-corrected chi connectivity index (χ4v) is 1.30. The molecule has 0 aromatic heterocycles. The average Bonchev–Trinajstić information content (AvgIpc) is 2.46. The number of amides is 3. The van der Waals surface area contributed by atoms with Crippen LogP contribution in [0.5, 0.6) is 0 Å². The lowest BCUT2D eigenvalue weighted by atomic mass is 10.1. The Kier molecular flexibility index (Phi) is 6.55. The SMILES string of the molecule is COCCOC(=O)NNC(=O)c1ccccc1NC=O. The molecule has 1 aromatic carbocycles. The topological polar surface area (TPSA) is 106 Å². The van der Waals surface area contributed by atoms with Crippen LogP contribution in [0.1, 0.15) is 10.4 Å². The molecule has 0 heterocycles. The van der Waals surface area contributed by atoms with Crippen LogP contribution in [-0.2, 0) is 14.3 Å². The zero-order chi connectivity index (χ0) is 14.8. The first-order valence-electron chi connectivity index (χ1n) is 5.70. The first kappa shape index (κ1) is 15.4. The van der Waals surface area contributed by atoms with Gasteiger partial charge < -0.3 is 14.8 Å². The van der Waals surface area contributed by atoms with E-state index in [-0.39, 0.29) is 18.8 Å².